The van der Waals surface area contributed by atoms with E-state index in [2.05, 4.69) is 30.9 Å². The fourth-order valence-corrected chi connectivity index (χ4v) is 3.09. The molecule has 0 bridgehead atoms. The number of amides is 4. The summed E-state index contributed by atoms with van der Waals surface area (Å²) in [5.41, 5.74) is 0.857. The first-order valence-corrected chi connectivity index (χ1v) is 8.59. The Labute approximate surface area is 147 Å². The molecule has 10 heteroatoms. The third-order valence-electron chi connectivity index (χ3n) is 3.53. The first-order chi connectivity index (χ1) is 12.1. The second-order valence-corrected chi connectivity index (χ2v) is 6.23. The molecule has 130 valence electrons. The standard InChI is InChI=1S/C15H16N6O3S/c22-11(3-2-10-13(23)21-15(24)20-10)16-7-4-9-8-25-14(19-9)12-17-5-1-6-18-12/h1,5-6,8,10H,2-4,7H2,(H,16,22)(H2,20,21,23,24)/t10-/m1/s1. The number of imide groups is 1. The van der Waals surface area contributed by atoms with E-state index >= 15 is 0 Å². The third-order valence-corrected chi connectivity index (χ3v) is 4.42. The zero-order chi connectivity index (χ0) is 17.6. The number of urea groups is 1. The topological polar surface area (TPSA) is 126 Å². The molecule has 0 aromatic carbocycles. The van der Waals surface area contributed by atoms with Crippen molar-refractivity contribution in [3.63, 3.8) is 0 Å². The monoisotopic (exact) mass is 360 g/mol. The highest BCUT2D eigenvalue weighted by Gasteiger charge is 2.29. The Morgan fingerprint density at radius 2 is 2.08 bits per heavy atom. The van der Waals surface area contributed by atoms with Gasteiger partial charge in [0.05, 0.1) is 5.69 Å². The van der Waals surface area contributed by atoms with Crippen molar-refractivity contribution in [3.05, 3.63) is 29.5 Å². The third kappa shape index (κ3) is 4.57. The Balaban J connectivity index is 1.39. The van der Waals surface area contributed by atoms with Gasteiger partial charge in [-0.05, 0) is 12.5 Å². The summed E-state index contributed by atoms with van der Waals surface area (Å²) in [4.78, 5) is 46.9. The molecule has 1 fully saturated rings. The van der Waals surface area contributed by atoms with Crippen LogP contribution in [-0.2, 0) is 16.0 Å². The molecule has 0 spiro atoms. The van der Waals surface area contributed by atoms with Gasteiger partial charge in [-0.2, -0.15) is 0 Å². The molecule has 1 atom stereocenters. The lowest BCUT2D eigenvalue weighted by Crippen LogP contribution is -2.32. The quantitative estimate of drug-likeness (QED) is 0.608. The van der Waals surface area contributed by atoms with E-state index in [0.717, 1.165) is 10.7 Å². The van der Waals surface area contributed by atoms with Gasteiger partial charge in [0, 0.05) is 37.2 Å². The SMILES string of the molecule is O=C(CC[C@H]1NC(=O)NC1=O)NCCc1csc(-c2ncccn2)n1. The van der Waals surface area contributed by atoms with E-state index in [1.807, 2.05) is 5.38 Å². The van der Waals surface area contributed by atoms with Crippen LogP contribution in [0.1, 0.15) is 18.5 Å². The van der Waals surface area contributed by atoms with E-state index < -0.39 is 18.0 Å². The molecular weight excluding hydrogens is 344 g/mol. The second-order valence-electron chi connectivity index (χ2n) is 5.37. The molecule has 9 nitrogen and oxygen atoms in total. The minimum Gasteiger partial charge on any atom is -0.356 e. The first kappa shape index (κ1) is 17.0. The number of hydrogen-bond donors (Lipinski definition) is 3. The molecule has 0 radical (unpaired) electrons. The molecule has 1 saturated heterocycles. The van der Waals surface area contributed by atoms with E-state index in [0.29, 0.717) is 18.8 Å². The number of nitrogens with zero attached hydrogens (tertiary/aromatic N) is 3. The summed E-state index contributed by atoms with van der Waals surface area (Å²) >= 11 is 1.46. The maximum Gasteiger partial charge on any atom is 0.322 e. The predicted octanol–water partition coefficient (Wildman–Crippen LogP) is 0.247. The fourth-order valence-electron chi connectivity index (χ4n) is 2.29. The Morgan fingerprint density at radius 1 is 1.28 bits per heavy atom. The van der Waals surface area contributed by atoms with Gasteiger partial charge >= 0.3 is 6.03 Å². The second kappa shape index (κ2) is 7.79. The molecule has 4 amide bonds. The minimum atomic E-state index is -0.634. The van der Waals surface area contributed by atoms with Crippen molar-refractivity contribution in [2.45, 2.75) is 25.3 Å². The van der Waals surface area contributed by atoms with Crippen LogP contribution in [0.2, 0.25) is 0 Å². The highest BCUT2D eigenvalue weighted by molar-refractivity contribution is 7.13. The molecule has 0 aliphatic carbocycles. The van der Waals surface area contributed by atoms with Gasteiger partial charge in [-0.15, -0.1) is 11.3 Å². The van der Waals surface area contributed by atoms with Crippen molar-refractivity contribution in [3.8, 4) is 10.8 Å². The highest BCUT2D eigenvalue weighted by Crippen LogP contribution is 2.19. The predicted molar refractivity (Wildman–Crippen MR) is 89.6 cm³/mol. The number of aromatic nitrogens is 3. The summed E-state index contributed by atoms with van der Waals surface area (Å²) in [5.74, 6) is 0.0198. The van der Waals surface area contributed by atoms with Crippen molar-refractivity contribution in [2.24, 2.45) is 0 Å². The van der Waals surface area contributed by atoms with E-state index in [1.165, 1.54) is 11.3 Å². The molecule has 1 aliphatic heterocycles. The van der Waals surface area contributed by atoms with Crippen LogP contribution in [0.15, 0.2) is 23.8 Å². The lowest BCUT2D eigenvalue weighted by Gasteiger charge is -2.07. The summed E-state index contributed by atoms with van der Waals surface area (Å²) in [7, 11) is 0. The van der Waals surface area contributed by atoms with Crippen molar-refractivity contribution >= 4 is 29.2 Å². The van der Waals surface area contributed by atoms with Crippen LogP contribution in [0.3, 0.4) is 0 Å². The summed E-state index contributed by atoms with van der Waals surface area (Å²) in [6, 6.07) is 0.594. The zero-order valence-electron chi connectivity index (χ0n) is 13.2. The van der Waals surface area contributed by atoms with Gasteiger partial charge in [-0.3, -0.25) is 14.9 Å². The Hall–Kier alpha value is -2.88. The minimum absolute atomic E-state index is 0.165. The first-order valence-electron chi connectivity index (χ1n) is 7.71. The molecule has 0 saturated carbocycles. The summed E-state index contributed by atoms with van der Waals surface area (Å²) < 4.78 is 0. The zero-order valence-corrected chi connectivity index (χ0v) is 14.0. The van der Waals surface area contributed by atoms with E-state index in [-0.39, 0.29) is 18.7 Å². The molecule has 3 heterocycles. The normalized spacial score (nSPS) is 16.4. The summed E-state index contributed by atoms with van der Waals surface area (Å²) in [6.07, 6.45) is 4.36. The van der Waals surface area contributed by atoms with Crippen LogP contribution < -0.4 is 16.0 Å². The van der Waals surface area contributed by atoms with E-state index in [4.69, 9.17) is 0 Å². The molecule has 3 rings (SSSR count). The van der Waals surface area contributed by atoms with Gasteiger partial charge in [-0.1, -0.05) is 0 Å². The average molecular weight is 360 g/mol. The van der Waals surface area contributed by atoms with Crippen LogP contribution in [-0.4, -0.2) is 45.4 Å². The van der Waals surface area contributed by atoms with Crippen LogP contribution in [0.4, 0.5) is 4.79 Å². The molecule has 25 heavy (non-hydrogen) atoms. The molecule has 2 aromatic rings. The van der Waals surface area contributed by atoms with Gasteiger partial charge in [0.25, 0.3) is 5.91 Å². The molecular formula is C15H16N6O3S. The summed E-state index contributed by atoms with van der Waals surface area (Å²) in [6.45, 7) is 0.445. The molecule has 1 aliphatic rings. The number of carbonyl (C=O) groups is 3. The van der Waals surface area contributed by atoms with Crippen LogP contribution >= 0.6 is 11.3 Å². The van der Waals surface area contributed by atoms with Gasteiger partial charge < -0.3 is 10.6 Å². The molecule has 2 aromatic heterocycles. The smallest absolute Gasteiger partial charge is 0.322 e. The Kier molecular flexibility index (Phi) is 5.29. The van der Waals surface area contributed by atoms with E-state index in [1.54, 1.807) is 18.5 Å². The van der Waals surface area contributed by atoms with Gasteiger partial charge in [-0.25, -0.2) is 19.7 Å². The Bertz CT molecular complexity index is 779. The molecule has 0 unspecified atom stereocenters. The van der Waals surface area contributed by atoms with Crippen molar-refractivity contribution in [1.82, 2.24) is 30.9 Å². The van der Waals surface area contributed by atoms with Crippen molar-refractivity contribution in [1.29, 1.82) is 0 Å². The van der Waals surface area contributed by atoms with Crippen LogP contribution in [0.5, 0.6) is 0 Å². The van der Waals surface area contributed by atoms with Crippen LogP contribution in [0, 0.1) is 0 Å². The molecule has 3 N–H and O–H groups in total. The van der Waals surface area contributed by atoms with E-state index in [9.17, 15) is 14.4 Å². The maximum absolute atomic E-state index is 11.8. The number of rotatable bonds is 7. The maximum atomic E-state index is 11.8. The van der Waals surface area contributed by atoms with Crippen molar-refractivity contribution in [2.75, 3.05) is 6.54 Å². The van der Waals surface area contributed by atoms with Crippen LogP contribution in [0.25, 0.3) is 10.8 Å². The fraction of sp³-hybridized carbons (Fsp3) is 0.333. The number of thiazole rings is 1. The summed E-state index contributed by atoms with van der Waals surface area (Å²) in [5, 5.41) is 10.0. The van der Waals surface area contributed by atoms with Gasteiger partial charge in [0.2, 0.25) is 5.91 Å². The lowest BCUT2D eigenvalue weighted by atomic mass is 10.1. The number of nitrogens with one attached hydrogen (secondary N) is 3. The Morgan fingerprint density at radius 3 is 2.80 bits per heavy atom. The van der Waals surface area contributed by atoms with Gasteiger partial charge in [0.1, 0.15) is 6.04 Å². The highest BCUT2D eigenvalue weighted by atomic mass is 32.1. The average Bonchev–Trinajstić information content (AvgIpc) is 3.20. The number of hydrogen-bond acceptors (Lipinski definition) is 7. The largest absolute Gasteiger partial charge is 0.356 e. The van der Waals surface area contributed by atoms with Gasteiger partial charge in [0.15, 0.2) is 10.8 Å². The lowest BCUT2D eigenvalue weighted by molar-refractivity contribution is -0.122. The van der Waals surface area contributed by atoms with Crippen molar-refractivity contribution < 1.29 is 14.4 Å². The number of carbonyl (C=O) groups excluding carboxylic acids is 3.